The van der Waals surface area contributed by atoms with E-state index in [1.54, 1.807) is 18.3 Å². The summed E-state index contributed by atoms with van der Waals surface area (Å²) in [6, 6.07) is 5.35. The van der Waals surface area contributed by atoms with Gasteiger partial charge in [0.15, 0.2) is 0 Å². The van der Waals surface area contributed by atoms with Gasteiger partial charge in [-0.25, -0.2) is 4.79 Å². The van der Waals surface area contributed by atoms with E-state index < -0.39 is 5.97 Å². The summed E-state index contributed by atoms with van der Waals surface area (Å²) >= 11 is 0. The Bertz CT molecular complexity index is 812. The first kappa shape index (κ1) is 11.3. The molecule has 3 aromatic rings. The number of rotatable bonds is 3. The molecule has 0 atom stereocenters. The minimum atomic E-state index is -0.929. The summed E-state index contributed by atoms with van der Waals surface area (Å²) in [6.45, 7) is 0. The number of carbonyl (C=O) groups is 1. The van der Waals surface area contributed by atoms with Crippen LogP contribution in [0.1, 0.15) is 5.69 Å². The van der Waals surface area contributed by atoms with Crippen molar-refractivity contribution >= 4 is 17.0 Å². The Morgan fingerprint density at radius 2 is 2.05 bits per heavy atom. The van der Waals surface area contributed by atoms with Crippen LogP contribution in [0.15, 0.2) is 29.2 Å². The summed E-state index contributed by atoms with van der Waals surface area (Å²) in [5, 5.41) is 15.4. The van der Waals surface area contributed by atoms with Crippen LogP contribution < -0.4 is 5.69 Å². The number of carboxylic acids is 1. The standard InChI is InChI=1S/C12H10N4O3/c17-11(18)4-9-7(5-13-16-9)6-1-2-8-10(3-6)15-12(19)14-8/h1-3,5H,4H2,(H,13,16)(H,17,18)(H2,14,15,19). The van der Waals surface area contributed by atoms with E-state index in [2.05, 4.69) is 20.2 Å². The fraction of sp³-hybridized carbons (Fsp3) is 0.0833. The van der Waals surface area contributed by atoms with E-state index >= 15 is 0 Å². The lowest BCUT2D eigenvalue weighted by Gasteiger charge is -2.01. The van der Waals surface area contributed by atoms with E-state index in [0.717, 1.165) is 5.56 Å². The van der Waals surface area contributed by atoms with Crippen molar-refractivity contribution in [1.82, 2.24) is 20.2 Å². The topological polar surface area (TPSA) is 115 Å². The van der Waals surface area contributed by atoms with E-state index in [9.17, 15) is 9.59 Å². The van der Waals surface area contributed by atoms with Crippen molar-refractivity contribution in [1.29, 1.82) is 0 Å². The van der Waals surface area contributed by atoms with E-state index in [1.807, 2.05) is 6.07 Å². The van der Waals surface area contributed by atoms with Crippen molar-refractivity contribution in [2.75, 3.05) is 0 Å². The quantitative estimate of drug-likeness (QED) is 0.558. The largest absolute Gasteiger partial charge is 0.481 e. The Kier molecular flexibility index (Phi) is 2.45. The smallest absolute Gasteiger partial charge is 0.323 e. The molecule has 0 aliphatic carbocycles. The van der Waals surface area contributed by atoms with Crippen LogP contribution in [0, 0.1) is 0 Å². The number of aromatic nitrogens is 4. The number of aromatic amines is 3. The predicted molar refractivity (Wildman–Crippen MR) is 67.8 cm³/mol. The number of nitrogens with one attached hydrogen (secondary N) is 3. The third kappa shape index (κ3) is 2.01. The number of benzene rings is 1. The van der Waals surface area contributed by atoms with Gasteiger partial charge in [-0.2, -0.15) is 5.10 Å². The second-order valence-corrected chi connectivity index (χ2v) is 4.17. The zero-order valence-corrected chi connectivity index (χ0v) is 9.73. The van der Waals surface area contributed by atoms with Crippen molar-refractivity contribution in [3.05, 3.63) is 40.6 Å². The first-order valence-corrected chi connectivity index (χ1v) is 5.60. The minimum Gasteiger partial charge on any atom is -0.481 e. The van der Waals surface area contributed by atoms with Crippen LogP contribution in [0.3, 0.4) is 0 Å². The van der Waals surface area contributed by atoms with Gasteiger partial charge in [0, 0.05) is 5.56 Å². The van der Waals surface area contributed by atoms with E-state index in [1.165, 1.54) is 0 Å². The predicted octanol–water partition coefficient (Wildman–Crippen LogP) is 0.873. The van der Waals surface area contributed by atoms with Crippen molar-refractivity contribution < 1.29 is 9.90 Å². The van der Waals surface area contributed by atoms with Crippen LogP contribution in [0.2, 0.25) is 0 Å². The first-order chi connectivity index (χ1) is 9.13. The average molecular weight is 258 g/mol. The normalized spacial score (nSPS) is 10.9. The van der Waals surface area contributed by atoms with E-state index in [0.29, 0.717) is 22.3 Å². The third-order valence-electron chi connectivity index (χ3n) is 2.87. The van der Waals surface area contributed by atoms with Gasteiger partial charge in [0.05, 0.1) is 29.3 Å². The number of imidazole rings is 1. The van der Waals surface area contributed by atoms with Crippen molar-refractivity contribution in [3.63, 3.8) is 0 Å². The van der Waals surface area contributed by atoms with Gasteiger partial charge in [0.2, 0.25) is 0 Å². The minimum absolute atomic E-state index is 0.128. The summed E-state index contributed by atoms with van der Waals surface area (Å²) < 4.78 is 0. The molecule has 0 saturated heterocycles. The van der Waals surface area contributed by atoms with Gasteiger partial charge >= 0.3 is 11.7 Å². The lowest BCUT2D eigenvalue weighted by Crippen LogP contribution is -2.01. The number of fused-ring (bicyclic) bond motifs is 1. The highest BCUT2D eigenvalue weighted by Crippen LogP contribution is 2.24. The Morgan fingerprint density at radius 3 is 2.84 bits per heavy atom. The second-order valence-electron chi connectivity index (χ2n) is 4.17. The van der Waals surface area contributed by atoms with Gasteiger partial charge in [-0.3, -0.25) is 9.89 Å². The highest BCUT2D eigenvalue weighted by molar-refractivity contribution is 5.83. The number of aliphatic carboxylic acids is 1. The van der Waals surface area contributed by atoms with Crippen LogP contribution in [0.4, 0.5) is 0 Å². The fourth-order valence-corrected chi connectivity index (χ4v) is 2.05. The van der Waals surface area contributed by atoms with Gasteiger partial charge in [-0.1, -0.05) is 6.07 Å². The van der Waals surface area contributed by atoms with Crippen LogP contribution in [0.25, 0.3) is 22.2 Å². The molecule has 2 heterocycles. The number of nitrogens with zero attached hydrogens (tertiary/aromatic N) is 1. The molecule has 0 radical (unpaired) electrons. The summed E-state index contributed by atoms with van der Waals surface area (Å²) in [7, 11) is 0. The zero-order chi connectivity index (χ0) is 13.4. The number of H-pyrrole nitrogens is 3. The highest BCUT2D eigenvalue weighted by atomic mass is 16.4. The molecule has 19 heavy (non-hydrogen) atoms. The summed E-state index contributed by atoms with van der Waals surface area (Å²) in [4.78, 5) is 27.3. The molecular weight excluding hydrogens is 248 g/mol. The number of carboxylic acid groups (broad SMARTS) is 1. The molecule has 3 rings (SSSR count). The molecule has 0 bridgehead atoms. The maximum atomic E-state index is 11.2. The van der Waals surface area contributed by atoms with Gasteiger partial charge < -0.3 is 15.1 Å². The lowest BCUT2D eigenvalue weighted by atomic mass is 10.0. The van der Waals surface area contributed by atoms with Gasteiger partial charge in [-0.05, 0) is 17.7 Å². The van der Waals surface area contributed by atoms with E-state index in [4.69, 9.17) is 5.11 Å². The summed E-state index contributed by atoms with van der Waals surface area (Å²) in [5.74, 6) is -0.929. The molecular formula is C12H10N4O3. The Hall–Kier alpha value is -2.83. The summed E-state index contributed by atoms with van der Waals surface area (Å²) in [6.07, 6.45) is 1.45. The molecule has 0 aliphatic rings. The van der Waals surface area contributed by atoms with Crippen LogP contribution >= 0.6 is 0 Å². The molecule has 7 heteroatoms. The van der Waals surface area contributed by atoms with Crippen LogP contribution in [0.5, 0.6) is 0 Å². The number of hydrogen-bond donors (Lipinski definition) is 4. The Morgan fingerprint density at radius 1 is 1.26 bits per heavy atom. The Labute approximate surface area is 106 Å². The van der Waals surface area contributed by atoms with Crippen LogP contribution in [-0.4, -0.2) is 31.2 Å². The molecule has 0 aliphatic heterocycles. The number of hydrogen-bond acceptors (Lipinski definition) is 3. The molecule has 0 unspecified atom stereocenters. The first-order valence-electron chi connectivity index (χ1n) is 5.60. The average Bonchev–Trinajstić information content (AvgIpc) is 2.92. The van der Waals surface area contributed by atoms with E-state index in [-0.39, 0.29) is 12.1 Å². The molecule has 0 spiro atoms. The fourth-order valence-electron chi connectivity index (χ4n) is 2.05. The molecule has 4 N–H and O–H groups in total. The molecule has 96 valence electrons. The highest BCUT2D eigenvalue weighted by Gasteiger charge is 2.11. The molecule has 0 saturated carbocycles. The van der Waals surface area contributed by atoms with Crippen molar-refractivity contribution in [2.45, 2.75) is 6.42 Å². The Balaban J connectivity index is 2.11. The SMILES string of the molecule is O=C(O)Cc1[nH]ncc1-c1ccc2[nH]c(=O)[nH]c2c1. The van der Waals surface area contributed by atoms with Gasteiger partial charge in [0.1, 0.15) is 0 Å². The second kappa shape index (κ2) is 4.13. The summed E-state index contributed by atoms with van der Waals surface area (Å²) in [5.41, 5.74) is 3.15. The zero-order valence-electron chi connectivity index (χ0n) is 9.73. The third-order valence-corrected chi connectivity index (χ3v) is 2.87. The molecule has 7 nitrogen and oxygen atoms in total. The molecule has 1 aromatic carbocycles. The molecule has 0 fully saturated rings. The molecule has 0 amide bonds. The van der Waals surface area contributed by atoms with Crippen molar-refractivity contribution in [2.24, 2.45) is 0 Å². The maximum Gasteiger partial charge on any atom is 0.323 e. The maximum absolute atomic E-state index is 11.2. The van der Waals surface area contributed by atoms with Crippen molar-refractivity contribution in [3.8, 4) is 11.1 Å². The lowest BCUT2D eigenvalue weighted by molar-refractivity contribution is -0.136. The van der Waals surface area contributed by atoms with Gasteiger partial charge in [0.25, 0.3) is 0 Å². The van der Waals surface area contributed by atoms with Gasteiger partial charge in [-0.15, -0.1) is 0 Å². The molecule has 2 aromatic heterocycles. The van der Waals surface area contributed by atoms with Crippen LogP contribution in [-0.2, 0) is 11.2 Å². The monoisotopic (exact) mass is 258 g/mol.